The molecule has 2 unspecified atom stereocenters. The molecule has 1 aliphatic heterocycles. The zero-order valence-corrected chi connectivity index (χ0v) is 9.45. The maximum atomic E-state index is 5.21. The van der Waals surface area contributed by atoms with E-state index < -0.39 is 0 Å². The first-order chi connectivity index (χ1) is 6.56. The van der Waals surface area contributed by atoms with Crippen LogP contribution in [-0.4, -0.2) is 24.2 Å². The Balaban J connectivity index is 2.74. The molecule has 0 bridgehead atoms. The van der Waals surface area contributed by atoms with Crippen LogP contribution in [0.15, 0.2) is 29.2 Å². The first-order valence-electron chi connectivity index (χ1n) is 4.48. The van der Waals surface area contributed by atoms with Gasteiger partial charge in [-0.05, 0) is 6.92 Å². The molecule has 3 nitrogen and oxygen atoms in total. The number of halogens is 1. The Morgan fingerprint density at radius 2 is 2.43 bits per heavy atom. The summed E-state index contributed by atoms with van der Waals surface area (Å²) in [4.78, 5) is 6.10. The highest BCUT2D eigenvalue weighted by Crippen LogP contribution is 2.20. The van der Waals surface area contributed by atoms with E-state index in [4.69, 9.17) is 11.9 Å². The van der Waals surface area contributed by atoms with Crippen LogP contribution in [0.3, 0.4) is 0 Å². The summed E-state index contributed by atoms with van der Waals surface area (Å²) in [5.74, 6) is 0.774. The summed E-state index contributed by atoms with van der Waals surface area (Å²) in [5, 5.41) is 0. The van der Waals surface area contributed by atoms with Gasteiger partial charge in [-0.1, -0.05) is 19.1 Å². The average Bonchev–Trinajstić information content (AvgIpc) is 2.16. The SMILES string of the molecule is C=C(C)C(C)C1C=NC(OCl)=CN1C. The summed E-state index contributed by atoms with van der Waals surface area (Å²) in [5.41, 5.74) is 1.14. The molecule has 0 saturated carbocycles. The van der Waals surface area contributed by atoms with Crippen molar-refractivity contribution in [1.82, 2.24) is 4.90 Å². The Morgan fingerprint density at radius 3 is 2.86 bits per heavy atom. The van der Waals surface area contributed by atoms with E-state index in [9.17, 15) is 0 Å². The van der Waals surface area contributed by atoms with E-state index in [0.29, 0.717) is 11.8 Å². The number of aliphatic imine (C=N–C) groups is 1. The molecule has 2 atom stereocenters. The highest BCUT2D eigenvalue weighted by atomic mass is 35.5. The van der Waals surface area contributed by atoms with E-state index in [0.717, 1.165) is 5.57 Å². The van der Waals surface area contributed by atoms with Crippen LogP contribution < -0.4 is 0 Å². The minimum absolute atomic E-state index is 0.225. The lowest BCUT2D eigenvalue weighted by molar-refractivity contribution is 0.316. The van der Waals surface area contributed by atoms with Crippen LogP contribution in [0.2, 0.25) is 0 Å². The largest absolute Gasteiger partial charge is 0.367 e. The van der Waals surface area contributed by atoms with Crippen LogP contribution >= 0.6 is 11.9 Å². The van der Waals surface area contributed by atoms with E-state index in [2.05, 4.69) is 22.8 Å². The van der Waals surface area contributed by atoms with Crippen molar-refractivity contribution in [2.24, 2.45) is 10.9 Å². The van der Waals surface area contributed by atoms with Gasteiger partial charge in [0.05, 0.1) is 12.2 Å². The average molecular weight is 215 g/mol. The normalized spacial score (nSPS) is 23.0. The van der Waals surface area contributed by atoms with E-state index in [1.807, 2.05) is 25.1 Å². The Morgan fingerprint density at radius 1 is 1.79 bits per heavy atom. The van der Waals surface area contributed by atoms with E-state index in [1.165, 1.54) is 0 Å². The lowest BCUT2D eigenvalue weighted by atomic mass is 9.95. The number of nitrogens with zero attached hydrogens (tertiary/aromatic N) is 2. The van der Waals surface area contributed by atoms with Gasteiger partial charge in [0.25, 0.3) is 5.88 Å². The highest BCUT2D eigenvalue weighted by molar-refractivity contribution is 6.08. The van der Waals surface area contributed by atoms with Crippen molar-refractivity contribution in [2.45, 2.75) is 19.9 Å². The van der Waals surface area contributed by atoms with Gasteiger partial charge in [-0.25, -0.2) is 4.99 Å². The molecule has 0 aliphatic carbocycles. The van der Waals surface area contributed by atoms with Gasteiger partial charge in [-0.2, -0.15) is 0 Å². The summed E-state index contributed by atoms with van der Waals surface area (Å²) in [6.07, 6.45) is 3.61. The van der Waals surface area contributed by atoms with Crippen LogP contribution in [0.1, 0.15) is 13.8 Å². The molecule has 1 rings (SSSR count). The molecule has 0 fully saturated rings. The van der Waals surface area contributed by atoms with Gasteiger partial charge in [-0.3, -0.25) is 0 Å². The van der Waals surface area contributed by atoms with E-state index in [1.54, 1.807) is 6.20 Å². The van der Waals surface area contributed by atoms with Gasteiger partial charge in [0.2, 0.25) is 0 Å². The van der Waals surface area contributed by atoms with Crippen LogP contribution in [0.5, 0.6) is 0 Å². The molecular weight excluding hydrogens is 200 g/mol. The third-order valence-corrected chi connectivity index (χ3v) is 2.67. The third kappa shape index (κ3) is 2.29. The van der Waals surface area contributed by atoms with Gasteiger partial charge in [-0.15, -0.1) is 0 Å². The lowest BCUT2D eigenvalue weighted by Crippen LogP contribution is -2.37. The molecule has 14 heavy (non-hydrogen) atoms. The molecule has 0 amide bonds. The Kier molecular flexibility index (Phi) is 3.58. The molecular formula is C10H15ClN2O. The van der Waals surface area contributed by atoms with Gasteiger partial charge < -0.3 is 9.19 Å². The maximum absolute atomic E-state index is 5.21. The molecule has 1 aliphatic rings. The van der Waals surface area contributed by atoms with E-state index in [-0.39, 0.29) is 6.04 Å². The van der Waals surface area contributed by atoms with Crippen molar-refractivity contribution in [1.29, 1.82) is 0 Å². The molecule has 0 saturated heterocycles. The number of hydrogen-bond donors (Lipinski definition) is 0. The standard InChI is InChI=1S/C10H15ClN2O/c1-7(2)8(3)9-5-12-10(14-11)6-13(9)4/h5-6,8-9H,1H2,2-4H3. The van der Waals surface area contributed by atoms with Crippen molar-refractivity contribution in [3.05, 3.63) is 24.2 Å². The summed E-state index contributed by atoms with van der Waals surface area (Å²) in [6.45, 7) is 8.08. The summed E-state index contributed by atoms with van der Waals surface area (Å²) in [7, 11) is 1.96. The Hall–Kier alpha value is -0.960. The van der Waals surface area contributed by atoms with Crippen LogP contribution in [0, 0.1) is 5.92 Å². The second-order valence-corrected chi connectivity index (χ2v) is 3.77. The van der Waals surface area contributed by atoms with Crippen LogP contribution in [0.25, 0.3) is 0 Å². The molecule has 0 aromatic heterocycles. The first-order valence-corrected chi connectivity index (χ1v) is 4.79. The smallest absolute Gasteiger partial charge is 0.252 e. The van der Waals surface area contributed by atoms with Gasteiger partial charge in [0, 0.05) is 19.2 Å². The van der Waals surface area contributed by atoms with Crippen LogP contribution in [0.4, 0.5) is 0 Å². The molecule has 0 radical (unpaired) electrons. The molecule has 0 aromatic carbocycles. The zero-order valence-electron chi connectivity index (χ0n) is 8.70. The van der Waals surface area contributed by atoms with Crippen molar-refractivity contribution in [3.8, 4) is 0 Å². The molecule has 0 aromatic rings. The van der Waals surface area contributed by atoms with Crippen LogP contribution in [-0.2, 0) is 4.29 Å². The molecule has 4 heteroatoms. The monoisotopic (exact) mass is 214 g/mol. The fraction of sp³-hybridized carbons (Fsp3) is 0.500. The molecule has 0 N–H and O–H groups in total. The molecule has 0 spiro atoms. The fourth-order valence-electron chi connectivity index (χ4n) is 1.36. The second kappa shape index (κ2) is 4.51. The Bertz CT molecular complexity index is 286. The van der Waals surface area contributed by atoms with E-state index >= 15 is 0 Å². The predicted octanol–water partition coefficient (Wildman–Crippen LogP) is 2.55. The second-order valence-electron chi connectivity index (χ2n) is 3.61. The van der Waals surface area contributed by atoms with Crippen molar-refractivity contribution in [3.63, 3.8) is 0 Å². The first kappa shape index (κ1) is 11.1. The van der Waals surface area contributed by atoms with Crippen molar-refractivity contribution >= 4 is 18.1 Å². The van der Waals surface area contributed by atoms with Crippen molar-refractivity contribution in [2.75, 3.05) is 7.05 Å². The quantitative estimate of drug-likeness (QED) is 0.675. The topological polar surface area (TPSA) is 24.8 Å². The number of rotatable bonds is 3. The molecule has 1 heterocycles. The van der Waals surface area contributed by atoms with Crippen molar-refractivity contribution < 1.29 is 4.29 Å². The third-order valence-electron chi connectivity index (χ3n) is 2.51. The van der Waals surface area contributed by atoms with Gasteiger partial charge >= 0.3 is 0 Å². The minimum Gasteiger partial charge on any atom is -0.367 e. The predicted molar refractivity (Wildman–Crippen MR) is 59.0 cm³/mol. The van der Waals surface area contributed by atoms with Gasteiger partial charge in [0.1, 0.15) is 11.9 Å². The summed E-state index contributed by atoms with van der Waals surface area (Å²) < 4.78 is 4.52. The van der Waals surface area contributed by atoms with Gasteiger partial charge in [0.15, 0.2) is 0 Å². The zero-order chi connectivity index (χ0) is 10.7. The summed E-state index contributed by atoms with van der Waals surface area (Å²) >= 11 is 5.21. The summed E-state index contributed by atoms with van der Waals surface area (Å²) in [6, 6.07) is 0.225. The Labute approximate surface area is 89.9 Å². The lowest BCUT2D eigenvalue weighted by Gasteiger charge is -2.31. The highest BCUT2D eigenvalue weighted by Gasteiger charge is 2.22. The number of hydrogen-bond acceptors (Lipinski definition) is 3. The maximum Gasteiger partial charge on any atom is 0.252 e. The minimum atomic E-state index is 0.225. The fourth-order valence-corrected chi connectivity index (χ4v) is 1.44. The molecule has 78 valence electrons.